The summed E-state index contributed by atoms with van der Waals surface area (Å²) in [6.45, 7) is 3.51. The molecule has 0 saturated carbocycles. The highest BCUT2D eigenvalue weighted by molar-refractivity contribution is 7.91. The van der Waals surface area contributed by atoms with Gasteiger partial charge < -0.3 is 16.4 Å². The van der Waals surface area contributed by atoms with Crippen molar-refractivity contribution in [1.82, 2.24) is 15.4 Å². The number of carbonyl (C=O) groups is 2. The molecule has 0 aliphatic carbocycles. The molecule has 0 radical (unpaired) electrons. The van der Waals surface area contributed by atoms with E-state index in [4.69, 9.17) is 5.73 Å². The van der Waals surface area contributed by atoms with Gasteiger partial charge in [0.2, 0.25) is 10.0 Å². The van der Waals surface area contributed by atoms with E-state index in [0.29, 0.717) is 37.2 Å². The van der Waals surface area contributed by atoms with Gasteiger partial charge in [0, 0.05) is 29.8 Å². The molecule has 0 atom stereocenters. The van der Waals surface area contributed by atoms with Crippen LogP contribution in [0, 0.1) is 0 Å². The minimum Gasteiger partial charge on any atom is -0.347 e. The number of unbranched alkanes of at least 4 members (excludes halogenated alkanes) is 10. The van der Waals surface area contributed by atoms with Crippen molar-refractivity contribution in [2.45, 2.75) is 107 Å². The lowest BCUT2D eigenvalue weighted by Crippen LogP contribution is -2.24. The predicted octanol–water partition coefficient (Wildman–Crippen LogP) is 5.93. The molecule has 2 aromatic rings. The van der Waals surface area contributed by atoms with Crippen molar-refractivity contribution in [3.05, 3.63) is 52.9 Å². The molecule has 0 bridgehead atoms. The van der Waals surface area contributed by atoms with Crippen molar-refractivity contribution < 1.29 is 18.0 Å². The van der Waals surface area contributed by atoms with Crippen LogP contribution in [-0.4, -0.2) is 46.3 Å². The molecular formula is C32H52N4O4S2. The third kappa shape index (κ3) is 16.5. The van der Waals surface area contributed by atoms with E-state index in [1.807, 2.05) is 6.07 Å². The van der Waals surface area contributed by atoms with Gasteiger partial charge in [0.05, 0.1) is 6.54 Å². The zero-order valence-electron chi connectivity index (χ0n) is 25.2. The fraction of sp³-hybridized carbons (Fsp3) is 0.625. The Kier molecular flexibility index (Phi) is 19.3. The van der Waals surface area contributed by atoms with Crippen LogP contribution < -0.4 is 21.1 Å². The van der Waals surface area contributed by atoms with Crippen molar-refractivity contribution in [3.63, 3.8) is 0 Å². The standard InChI is InChI=1S/C32H52N4O4S2/c33-23-16-25-34-24-14-7-5-3-1-2-4-6-12-19-29(37)20-13-9-15-26-36-42(39,40)31-22-21-30(41-31)27-35-32(38)28-17-10-8-11-18-28/h8,10-11,17-18,21-22,34,36H,1-7,9,12-16,19-20,23-27,33H2,(H,35,38). The number of sulfonamides is 1. The van der Waals surface area contributed by atoms with E-state index in [0.717, 1.165) is 68.0 Å². The summed E-state index contributed by atoms with van der Waals surface area (Å²) in [5.74, 6) is 0.127. The third-order valence-electron chi connectivity index (χ3n) is 7.15. The van der Waals surface area contributed by atoms with Crippen molar-refractivity contribution in [2.75, 3.05) is 26.2 Å². The molecule has 0 aliphatic heterocycles. The number of rotatable bonds is 26. The number of nitrogens with one attached hydrogen (secondary N) is 3. The smallest absolute Gasteiger partial charge is 0.251 e. The zero-order chi connectivity index (χ0) is 30.3. The lowest BCUT2D eigenvalue weighted by Gasteiger charge is -2.06. The average molecular weight is 621 g/mol. The first-order valence-corrected chi connectivity index (χ1v) is 18.1. The number of thiophene rings is 1. The molecule has 2 rings (SSSR count). The number of nitrogens with two attached hydrogens (primary N) is 1. The summed E-state index contributed by atoms with van der Waals surface area (Å²) in [5, 5.41) is 6.24. The fourth-order valence-corrected chi connectivity index (χ4v) is 7.06. The van der Waals surface area contributed by atoms with Crippen LogP contribution >= 0.6 is 11.3 Å². The number of hydrogen-bond acceptors (Lipinski definition) is 7. The van der Waals surface area contributed by atoms with Gasteiger partial charge in [-0.25, -0.2) is 13.1 Å². The maximum Gasteiger partial charge on any atom is 0.251 e. The van der Waals surface area contributed by atoms with E-state index in [-0.39, 0.29) is 16.7 Å². The summed E-state index contributed by atoms with van der Waals surface area (Å²) in [6, 6.07) is 12.2. The third-order valence-corrected chi connectivity index (χ3v) is 10.2. The topological polar surface area (TPSA) is 130 Å². The van der Waals surface area contributed by atoms with Gasteiger partial charge in [-0.2, -0.15) is 0 Å². The van der Waals surface area contributed by atoms with Gasteiger partial charge in [0.1, 0.15) is 9.99 Å². The number of ketones is 1. The summed E-state index contributed by atoms with van der Waals surface area (Å²) in [7, 11) is -3.58. The molecule has 236 valence electrons. The first-order valence-electron chi connectivity index (χ1n) is 15.8. The quantitative estimate of drug-likeness (QED) is 0.0966. The van der Waals surface area contributed by atoms with E-state index < -0.39 is 10.0 Å². The number of amides is 1. The summed E-state index contributed by atoms with van der Waals surface area (Å²) in [5.41, 5.74) is 6.05. The van der Waals surface area contributed by atoms with Crippen LogP contribution in [0.15, 0.2) is 46.7 Å². The Labute approximate surface area is 257 Å². The lowest BCUT2D eigenvalue weighted by molar-refractivity contribution is -0.119. The molecule has 1 aromatic carbocycles. The Morgan fingerprint density at radius 2 is 1.26 bits per heavy atom. The molecule has 0 spiro atoms. The predicted molar refractivity (Wildman–Crippen MR) is 173 cm³/mol. The molecule has 0 fully saturated rings. The van der Waals surface area contributed by atoms with Crippen molar-refractivity contribution in [3.8, 4) is 0 Å². The summed E-state index contributed by atoms with van der Waals surface area (Å²) < 4.78 is 28.1. The molecule has 0 saturated heterocycles. The minimum atomic E-state index is -3.58. The van der Waals surface area contributed by atoms with Crippen molar-refractivity contribution >= 4 is 33.1 Å². The first-order chi connectivity index (χ1) is 20.4. The number of benzene rings is 1. The number of Topliss-reactive ketones (excluding diaryl/α,β-unsaturated/α-hetero) is 1. The Hall–Kier alpha value is -2.11. The Balaban J connectivity index is 1.43. The van der Waals surface area contributed by atoms with E-state index in [9.17, 15) is 18.0 Å². The maximum absolute atomic E-state index is 12.6. The van der Waals surface area contributed by atoms with E-state index in [1.165, 1.54) is 44.9 Å². The van der Waals surface area contributed by atoms with E-state index >= 15 is 0 Å². The van der Waals surface area contributed by atoms with Crippen LogP contribution in [0.25, 0.3) is 0 Å². The maximum atomic E-state index is 12.6. The summed E-state index contributed by atoms with van der Waals surface area (Å²) >= 11 is 1.15. The van der Waals surface area contributed by atoms with Crippen LogP contribution in [-0.2, 0) is 21.4 Å². The number of hydrogen-bond donors (Lipinski definition) is 4. The van der Waals surface area contributed by atoms with Gasteiger partial charge in [-0.05, 0) is 76.0 Å². The molecule has 10 heteroatoms. The SMILES string of the molecule is NCCCNCCCCCCCCCCCC(=O)CCCCCNS(=O)(=O)c1ccc(CNC(=O)c2ccccc2)s1. The lowest BCUT2D eigenvalue weighted by atomic mass is 10.0. The average Bonchev–Trinajstić information content (AvgIpc) is 3.48. The Morgan fingerprint density at radius 3 is 1.93 bits per heavy atom. The molecule has 0 unspecified atom stereocenters. The monoisotopic (exact) mass is 620 g/mol. The van der Waals surface area contributed by atoms with Crippen LogP contribution in [0.3, 0.4) is 0 Å². The molecule has 42 heavy (non-hydrogen) atoms. The summed E-state index contributed by atoms with van der Waals surface area (Å²) in [4.78, 5) is 25.1. The van der Waals surface area contributed by atoms with Crippen LogP contribution in [0.4, 0.5) is 0 Å². The van der Waals surface area contributed by atoms with Crippen LogP contribution in [0.5, 0.6) is 0 Å². The Morgan fingerprint density at radius 1 is 0.690 bits per heavy atom. The first kappa shape index (κ1) is 36.1. The molecular weight excluding hydrogens is 569 g/mol. The van der Waals surface area contributed by atoms with Gasteiger partial charge >= 0.3 is 0 Å². The van der Waals surface area contributed by atoms with Gasteiger partial charge in [-0.3, -0.25) is 9.59 Å². The Bertz CT molecular complexity index is 1110. The van der Waals surface area contributed by atoms with Crippen LogP contribution in [0.1, 0.15) is 112 Å². The highest BCUT2D eigenvalue weighted by atomic mass is 32.2. The zero-order valence-corrected chi connectivity index (χ0v) is 26.8. The fourth-order valence-electron chi connectivity index (χ4n) is 4.64. The summed E-state index contributed by atoms with van der Waals surface area (Å²) in [6.07, 6.45) is 15.6. The van der Waals surface area contributed by atoms with Crippen LogP contribution in [0.2, 0.25) is 0 Å². The molecule has 1 aromatic heterocycles. The van der Waals surface area contributed by atoms with Gasteiger partial charge in [-0.1, -0.05) is 69.6 Å². The van der Waals surface area contributed by atoms with E-state index in [1.54, 1.807) is 36.4 Å². The van der Waals surface area contributed by atoms with Gasteiger partial charge in [-0.15, -0.1) is 11.3 Å². The highest BCUT2D eigenvalue weighted by Crippen LogP contribution is 2.21. The highest BCUT2D eigenvalue weighted by Gasteiger charge is 2.16. The second kappa shape index (κ2) is 22.4. The molecule has 1 amide bonds. The molecule has 5 N–H and O–H groups in total. The van der Waals surface area contributed by atoms with Crippen molar-refractivity contribution in [1.29, 1.82) is 0 Å². The number of carbonyl (C=O) groups excluding carboxylic acids is 2. The molecule has 1 heterocycles. The largest absolute Gasteiger partial charge is 0.347 e. The molecule has 8 nitrogen and oxygen atoms in total. The van der Waals surface area contributed by atoms with Gasteiger partial charge in [0.25, 0.3) is 5.91 Å². The second-order valence-electron chi connectivity index (χ2n) is 10.8. The second-order valence-corrected chi connectivity index (χ2v) is 14.0. The van der Waals surface area contributed by atoms with Gasteiger partial charge in [0.15, 0.2) is 0 Å². The van der Waals surface area contributed by atoms with Crippen molar-refractivity contribution in [2.24, 2.45) is 5.73 Å². The van der Waals surface area contributed by atoms with E-state index in [2.05, 4.69) is 15.4 Å². The molecule has 0 aliphatic rings. The minimum absolute atomic E-state index is 0.194. The normalized spacial score (nSPS) is 11.5.